The average Bonchev–Trinajstić information content (AvgIpc) is 2.52. The first-order chi connectivity index (χ1) is 10.1. The molecule has 2 N–H and O–H groups in total. The van der Waals surface area contributed by atoms with Gasteiger partial charge in [-0.1, -0.05) is 37.3 Å². The second-order valence-electron chi connectivity index (χ2n) is 5.13. The molecule has 120 valence electrons. The van der Waals surface area contributed by atoms with E-state index in [1.54, 1.807) is 6.92 Å². The van der Waals surface area contributed by atoms with Crippen molar-refractivity contribution >= 4 is 0 Å². The Balaban J connectivity index is 2.31. The second-order valence-corrected chi connectivity index (χ2v) is 5.13. The molecule has 0 aliphatic rings. The van der Waals surface area contributed by atoms with Crippen LogP contribution in [0.5, 0.6) is 0 Å². The Morgan fingerprint density at radius 3 is 2.19 bits per heavy atom. The molecule has 1 aromatic rings. The van der Waals surface area contributed by atoms with Gasteiger partial charge in [-0.05, 0) is 5.56 Å². The molecule has 0 saturated heterocycles. The zero-order valence-corrected chi connectivity index (χ0v) is 12.9. The Morgan fingerprint density at radius 2 is 1.62 bits per heavy atom. The third kappa shape index (κ3) is 6.54. The van der Waals surface area contributed by atoms with Gasteiger partial charge in [0.05, 0.1) is 25.4 Å². The summed E-state index contributed by atoms with van der Waals surface area (Å²) in [4.78, 5) is 0. The van der Waals surface area contributed by atoms with Gasteiger partial charge < -0.3 is 24.4 Å². The highest BCUT2D eigenvalue weighted by Crippen LogP contribution is 2.16. The van der Waals surface area contributed by atoms with Crippen LogP contribution in [0.3, 0.4) is 0 Å². The summed E-state index contributed by atoms with van der Waals surface area (Å²) >= 11 is 0. The van der Waals surface area contributed by atoms with E-state index >= 15 is 0 Å². The van der Waals surface area contributed by atoms with E-state index < -0.39 is 18.5 Å². The van der Waals surface area contributed by atoms with Crippen molar-refractivity contribution in [3.8, 4) is 0 Å². The lowest BCUT2D eigenvalue weighted by atomic mass is 9.96. The molecular weight excluding hydrogens is 272 g/mol. The number of methoxy groups -OCH3 is 2. The van der Waals surface area contributed by atoms with Crippen LogP contribution >= 0.6 is 0 Å². The van der Waals surface area contributed by atoms with Crippen LogP contribution in [0.2, 0.25) is 0 Å². The molecule has 0 unspecified atom stereocenters. The van der Waals surface area contributed by atoms with Crippen molar-refractivity contribution in [3.05, 3.63) is 35.9 Å². The third-order valence-corrected chi connectivity index (χ3v) is 3.57. The van der Waals surface area contributed by atoms with Crippen molar-refractivity contribution < 1.29 is 24.4 Å². The Kier molecular flexibility index (Phi) is 8.49. The summed E-state index contributed by atoms with van der Waals surface area (Å²) in [7, 11) is 3.04. The predicted molar refractivity (Wildman–Crippen MR) is 79.7 cm³/mol. The van der Waals surface area contributed by atoms with Gasteiger partial charge in [-0.15, -0.1) is 0 Å². The molecule has 21 heavy (non-hydrogen) atoms. The number of benzene rings is 1. The van der Waals surface area contributed by atoms with E-state index in [0.29, 0.717) is 13.0 Å². The van der Waals surface area contributed by atoms with E-state index in [4.69, 9.17) is 14.2 Å². The summed E-state index contributed by atoms with van der Waals surface area (Å²) in [5.41, 5.74) is 1.05. The van der Waals surface area contributed by atoms with Crippen molar-refractivity contribution in [2.24, 2.45) is 5.92 Å². The third-order valence-electron chi connectivity index (χ3n) is 3.57. The van der Waals surface area contributed by atoms with Gasteiger partial charge in [0, 0.05) is 26.6 Å². The minimum Gasteiger partial charge on any atom is -0.393 e. The minimum absolute atomic E-state index is 0.178. The van der Waals surface area contributed by atoms with E-state index in [9.17, 15) is 10.2 Å². The molecule has 0 bridgehead atoms. The largest absolute Gasteiger partial charge is 0.393 e. The Bertz CT molecular complexity index is 366. The predicted octanol–water partition coefficient (Wildman–Crippen LogP) is 1.57. The van der Waals surface area contributed by atoms with E-state index in [0.717, 1.165) is 5.56 Å². The number of aliphatic hydroxyl groups is 2. The first kappa shape index (κ1) is 18.1. The molecule has 1 rings (SSSR count). The molecule has 0 spiro atoms. The standard InChI is InChI=1S/C16H26O5/c1-12(14(17)9-16(19-2)20-3)15(18)11-21-10-13-7-5-4-6-8-13/h4-8,12,14-18H,9-11H2,1-3H3/t12-,14-,15+/m0/s1. The number of ether oxygens (including phenoxy) is 3. The molecule has 0 fully saturated rings. The molecule has 0 heterocycles. The van der Waals surface area contributed by atoms with Crippen molar-refractivity contribution in [1.29, 1.82) is 0 Å². The number of aliphatic hydroxyl groups excluding tert-OH is 2. The van der Waals surface area contributed by atoms with Gasteiger partial charge in [0.15, 0.2) is 6.29 Å². The van der Waals surface area contributed by atoms with Gasteiger partial charge in [0.25, 0.3) is 0 Å². The van der Waals surface area contributed by atoms with Crippen molar-refractivity contribution in [3.63, 3.8) is 0 Å². The zero-order valence-electron chi connectivity index (χ0n) is 12.9. The summed E-state index contributed by atoms with van der Waals surface area (Å²) in [6, 6.07) is 9.76. The molecule has 5 nitrogen and oxygen atoms in total. The highest BCUT2D eigenvalue weighted by molar-refractivity contribution is 5.13. The molecule has 1 aromatic carbocycles. The fourth-order valence-electron chi connectivity index (χ4n) is 1.98. The van der Waals surface area contributed by atoms with Gasteiger partial charge in [0.2, 0.25) is 0 Å². The van der Waals surface area contributed by atoms with Crippen LogP contribution in [-0.2, 0) is 20.8 Å². The minimum atomic E-state index is -0.738. The summed E-state index contributed by atoms with van der Waals surface area (Å²) in [5.74, 6) is -0.325. The van der Waals surface area contributed by atoms with Crippen LogP contribution in [0.15, 0.2) is 30.3 Å². The molecule has 3 atom stereocenters. The SMILES string of the molecule is COC(C[C@H](O)[C@H](C)[C@H](O)COCc1ccccc1)OC. The first-order valence-corrected chi connectivity index (χ1v) is 7.11. The topological polar surface area (TPSA) is 68.2 Å². The molecule has 5 heteroatoms. The van der Waals surface area contributed by atoms with Crippen molar-refractivity contribution in [1.82, 2.24) is 0 Å². The Labute approximate surface area is 126 Å². The lowest BCUT2D eigenvalue weighted by Crippen LogP contribution is -2.35. The molecular formula is C16H26O5. The van der Waals surface area contributed by atoms with Crippen molar-refractivity contribution in [2.45, 2.75) is 38.4 Å². The molecule has 0 saturated carbocycles. The first-order valence-electron chi connectivity index (χ1n) is 7.11. The summed E-state index contributed by atoms with van der Waals surface area (Å²) < 4.78 is 15.6. The van der Waals surface area contributed by atoms with E-state index in [1.807, 2.05) is 30.3 Å². The van der Waals surface area contributed by atoms with E-state index in [2.05, 4.69) is 0 Å². The van der Waals surface area contributed by atoms with Crippen LogP contribution in [-0.4, -0.2) is 49.5 Å². The van der Waals surface area contributed by atoms with Crippen LogP contribution in [0.4, 0.5) is 0 Å². The van der Waals surface area contributed by atoms with E-state index in [-0.39, 0.29) is 12.5 Å². The number of hydrogen-bond acceptors (Lipinski definition) is 5. The van der Waals surface area contributed by atoms with Crippen LogP contribution < -0.4 is 0 Å². The number of rotatable bonds is 10. The fourth-order valence-corrected chi connectivity index (χ4v) is 1.98. The van der Waals surface area contributed by atoms with E-state index in [1.165, 1.54) is 14.2 Å². The van der Waals surface area contributed by atoms with Gasteiger partial charge in [0.1, 0.15) is 0 Å². The van der Waals surface area contributed by atoms with Crippen LogP contribution in [0.1, 0.15) is 18.9 Å². The lowest BCUT2D eigenvalue weighted by molar-refractivity contribution is -0.135. The lowest BCUT2D eigenvalue weighted by Gasteiger charge is -2.26. The molecule has 0 aliphatic carbocycles. The molecule has 0 aliphatic heterocycles. The fraction of sp³-hybridized carbons (Fsp3) is 0.625. The smallest absolute Gasteiger partial charge is 0.159 e. The van der Waals surface area contributed by atoms with Crippen LogP contribution in [0.25, 0.3) is 0 Å². The Morgan fingerprint density at radius 1 is 1.00 bits per heavy atom. The molecule has 0 amide bonds. The summed E-state index contributed by atoms with van der Waals surface area (Å²) in [6.45, 7) is 2.40. The monoisotopic (exact) mass is 298 g/mol. The maximum Gasteiger partial charge on any atom is 0.159 e. The van der Waals surface area contributed by atoms with Gasteiger partial charge >= 0.3 is 0 Å². The average molecular weight is 298 g/mol. The maximum absolute atomic E-state index is 10.1. The normalized spacial score (nSPS) is 15.9. The highest BCUT2D eigenvalue weighted by atomic mass is 16.7. The maximum atomic E-state index is 10.1. The second kappa shape index (κ2) is 9.87. The number of hydrogen-bond donors (Lipinski definition) is 2. The van der Waals surface area contributed by atoms with Gasteiger partial charge in [-0.2, -0.15) is 0 Å². The summed E-state index contributed by atoms with van der Waals surface area (Å²) in [5, 5.41) is 20.1. The molecule has 0 radical (unpaired) electrons. The zero-order chi connectivity index (χ0) is 15.7. The molecule has 0 aromatic heterocycles. The van der Waals surface area contributed by atoms with Crippen molar-refractivity contribution in [2.75, 3.05) is 20.8 Å². The Hall–Kier alpha value is -0.980. The van der Waals surface area contributed by atoms with Crippen LogP contribution in [0, 0.1) is 5.92 Å². The highest BCUT2D eigenvalue weighted by Gasteiger charge is 2.25. The quantitative estimate of drug-likeness (QED) is 0.642. The van der Waals surface area contributed by atoms with Gasteiger partial charge in [-0.3, -0.25) is 0 Å². The summed E-state index contributed by atoms with van der Waals surface area (Å²) in [6.07, 6.45) is -1.62. The van der Waals surface area contributed by atoms with Gasteiger partial charge in [-0.25, -0.2) is 0 Å².